The smallest absolute Gasteiger partial charge is 0.216 e. The average Bonchev–Trinajstić information content (AvgIpc) is 2.65. The summed E-state index contributed by atoms with van der Waals surface area (Å²) in [5.74, 6) is 0.633. The summed E-state index contributed by atoms with van der Waals surface area (Å²) in [4.78, 5) is 4.26. The Labute approximate surface area is 81.7 Å². The van der Waals surface area contributed by atoms with Gasteiger partial charge in [-0.25, -0.2) is 4.52 Å². The van der Waals surface area contributed by atoms with Crippen LogP contribution < -0.4 is 10.1 Å². The average molecular weight is 192 g/mol. The van der Waals surface area contributed by atoms with Crippen LogP contribution in [-0.2, 0) is 0 Å². The van der Waals surface area contributed by atoms with Crippen LogP contribution in [0, 0.1) is 0 Å². The van der Waals surface area contributed by atoms with E-state index in [1.165, 1.54) is 0 Å². The zero-order chi connectivity index (χ0) is 9.80. The molecule has 0 aromatic carbocycles. The van der Waals surface area contributed by atoms with Gasteiger partial charge in [0.05, 0.1) is 6.20 Å². The molecule has 2 rings (SSSR count). The van der Waals surface area contributed by atoms with Crippen molar-refractivity contribution < 1.29 is 4.74 Å². The third-order valence-corrected chi connectivity index (χ3v) is 1.83. The van der Waals surface area contributed by atoms with Crippen molar-refractivity contribution in [2.45, 2.75) is 0 Å². The molecular weight excluding hydrogens is 180 g/mol. The van der Waals surface area contributed by atoms with Gasteiger partial charge in [-0.15, -0.1) is 0 Å². The van der Waals surface area contributed by atoms with E-state index in [9.17, 15) is 0 Å². The first kappa shape index (κ1) is 8.96. The van der Waals surface area contributed by atoms with Crippen molar-refractivity contribution in [2.75, 3.05) is 20.2 Å². The Morgan fingerprint density at radius 2 is 2.43 bits per heavy atom. The molecular formula is C9H12N4O. The van der Waals surface area contributed by atoms with Gasteiger partial charge in [-0.05, 0) is 7.05 Å². The van der Waals surface area contributed by atoms with Gasteiger partial charge >= 0.3 is 0 Å². The minimum absolute atomic E-state index is 0.619. The minimum Gasteiger partial charge on any atom is -0.476 e. The molecule has 0 bridgehead atoms. The summed E-state index contributed by atoms with van der Waals surface area (Å²) in [5.41, 5.74) is 0.798. The molecule has 0 saturated heterocycles. The molecule has 2 heterocycles. The zero-order valence-corrected chi connectivity index (χ0v) is 7.97. The van der Waals surface area contributed by atoms with Gasteiger partial charge in [0.25, 0.3) is 0 Å². The zero-order valence-electron chi connectivity index (χ0n) is 7.97. The van der Waals surface area contributed by atoms with Gasteiger partial charge < -0.3 is 10.1 Å². The van der Waals surface area contributed by atoms with Crippen molar-refractivity contribution in [1.82, 2.24) is 19.9 Å². The lowest BCUT2D eigenvalue weighted by atomic mass is 10.6. The van der Waals surface area contributed by atoms with Crippen LogP contribution in [0.3, 0.4) is 0 Å². The normalized spacial score (nSPS) is 10.6. The maximum Gasteiger partial charge on any atom is 0.216 e. The van der Waals surface area contributed by atoms with Gasteiger partial charge in [-0.3, -0.25) is 0 Å². The highest BCUT2D eigenvalue weighted by atomic mass is 16.5. The number of fused-ring (bicyclic) bond motifs is 1. The fourth-order valence-electron chi connectivity index (χ4n) is 1.13. The highest BCUT2D eigenvalue weighted by Crippen LogP contribution is 2.07. The first-order valence-electron chi connectivity index (χ1n) is 4.48. The molecule has 0 unspecified atom stereocenters. The van der Waals surface area contributed by atoms with Crippen molar-refractivity contribution in [3.05, 3.63) is 24.5 Å². The molecule has 0 aliphatic rings. The molecule has 0 atom stereocenters. The monoisotopic (exact) mass is 192 g/mol. The standard InChI is InChI=1S/C9H12N4O/c1-10-5-7-14-9-3-6-13-8(12-9)2-4-11-13/h2-4,6,10H,5,7H2,1H3. The molecule has 0 saturated carbocycles. The Morgan fingerprint density at radius 1 is 1.50 bits per heavy atom. The summed E-state index contributed by atoms with van der Waals surface area (Å²) in [6, 6.07) is 3.64. The lowest BCUT2D eigenvalue weighted by molar-refractivity contribution is 0.306. The Hall–Kier alpha value is -1.62. The molecule has 0 amide bonds. The first-order valence-corrected chi connectivity index (χ1v) is 4.48. The quantitative estimate of drug-likeness (QED) is 0.709. The number of nitrogens with zero attached hydrogens (tertiary/aromatic N) is 3. The topological polar surface area (TPSA) is 51.5 Å². The molecule has 0 radical (unpaired) electrons. The predicted octanol–water partition coefficient (Wildman–Crippen LogP) is 0.327. The molecule has 1 N–H and O–H groups in total. The SMILES string of the molecule is CNCCOc1ccn2nccc2n1. The van der Waals surface area contributed by atoms with E-state index in [0.717, 1.165) is 12.2 Å². The predicted molar refractivity (Wildman–Crippen MR) is 52.4 cm³/mol. The minimum atomic E-state index is 0.619. The second-order valence-corrected chi connectivity index (χ2v) is 2.85. The molecule has 5 heteroatoms. The van der Waals surface area contributed by atoms with E-state index in [-0.39, 0.29) is 0 Å². The van der Waals surface area contributed by atoms with Crippen LogP contribution >= 0.6 is 0 Å². The van der Waals surface area contributed by atoms with E-state index in [1.807, 2.05) is 19.3 Å². The highest BCUT2D eigenvalue weighted by Gasteiger charge is 1.98. The molecule has 14 heavy (non-hydrogen) atoms. The van der Waals surface area contributed by atoms with Crippen molar-refractivity contribution in [3.63, 3.8) is 0 Å². The Kier molecular flexibility index (Phi) is 2.60. The van der Waals surface area contributed by atoms with Gasteiger partial charge in [0, 0.05) is 24.9 Å². The molecule has 2 aromatic rings. The summed E-state index contributed by atoms with van der Waals surface area (Å²) in [5, 5.41) is 7.04. The number of nitrogens with one attached hydrogen (secondary N) is 1. The largest absolute Gasteiger partial charge is 0.476 e. The summed E-state index contributed by atoms with van der Waals surface area (Å²) < 4.78 is 7.11. The van der Waals surface area contributed by atoms with E-state index in [0.29, 0.717) is 12.5 Å². The van der Waals surface area contributed by atoms with Crippen LogP contribution in [-0.4, -0.2) is 34.8 Å². The van der Waals surface area contributed by atoms with E-state index < -0.39 is 0 Å². The van der Waals surface area contributed by atoms with Gasteiger partial charge in [0.15, 0.2) is 5.65 Å². The van der Waals surface area contributed by atoms with E-state index in [4.69, 9.17) is 4.74 Å². The third-order valence-electron chi connectivity index (χ3n) is 1.83. The number of likely N-dealkylation sites (N-methyl/N-ethyl adjacent to an activating group) is 1. The summed E-state index contributed by atoms with van der Waals surface area (Å²) in [6.07, 6.45) is 3.54. The summed E-state index contributed by atoms with van der Waals surface area (Å²) >= 11 is 0. The first-order chi connectivity index (χ1) is 6.90. The lowest BCUT2D eigenvalue weighted by Crippen LogP contribution is -2.16. The van der Waals surface area contributed by atoms with Crippen LogP contribution in [0.5, 0.6) is 5.88 Å². The van der Waals surface area contributed by atoms with Gasteiger partial charge in [0.2, 0.25) is 5.88 Å². The van der Waals surface area contributed by atoms with Crippen molar-refractivity contribution in [2.24, 2.45) is 0 Å². The highest BCUT2D eigenvalue weighted by molar-refractivity contribution is 5.37. The Morgan fingerprint density at radius 3 is 3.29 bits per heavy atom. The molecule has 5 nitrogen and oxygen atoms in total. The van der Waals surface area contributed by atoms with Crippen molar-refractivity contribution >= 4 is 5.65 Å². The van der Waals surface area contributed by atoms with Crippen molar-refractivity contribution in [1.29, 1.82) is 0 Å². The summed E-state index contributed by atoms with van der Waals surface area (Å²) in [6.45, 7) is 1.43. The number of hydrogen-bond acceptors (Lipinski definition) is 4. The van der Waals surface area contributed by atoms with Gasteiger partial charge in [-0.2, -0.15) is 10.1 Å². The lowest BCUT2D eigenvalue weighted by Gasteiger charge is -2.04. The summed E-state index contributed by atoms with van der Waals surface area (Å²) in [7, 11) is 1.89. The number of aromatic nitrogens is 3. The van der Waals surface area contributed by atoms with Crippen molar-refractivity contribution in [3.8, 4) is 5.88 Å². The molecule has 0 aliphatic carbocycles. The van der Waals surface area contributed by atoms with Crippen LogP contribution in [0.2, 0.25) is 0 Å². The second kappa shape index (κ2) is 4.06. The van der Waals surface area contributed by atoms with E-state index in [2.05, 4.69) is 15.4 Å². The fraction of sp³-hybridized carbons (Fsp3) is 0.333. The van der Waals surface area contributed by atoms with Crippen LogP contribution in [0.1, 0.15) is 0 Å². The molecule has 0 aliphatic heterocycles. The maximum absolute atomic E-state index is 5.41. The van der Waals surface area contributed by atoms with Gasteiger partial charge in [-0.1, -0.05) is 0 Å². The van der Waals surface area contributed by atoms with Crippen LogP contribution in [0.15, 0.2) is 24.5 Å². The number of hydrogen-bond donors (Lipinski definition) is 1. The van der Waals surface area contributed by atoms with E-state index >= 15 is 0 Å². The molecule has 2 aromatic heterocycles. The third kappa shape index (κ3) is 1.82. The Bertz CT molecular complexity index is 412. The molecule has 0 fully saturated rings. The molecule has 74 valence electrons. The maximum atomic E-state index is 5.41. The molecule has 0 spiro atoms. The van der Waals surface area contributed by atoms with E-state index in [1.54, 1.807) is 16.8 Å². The number of ether oxygens (including phenoxy) is 1. The van der Waals surface area contributed by atoms with Crippen LogP contribution in [0.4, 0.5) is 0 Å². The number of rotatable bonds is 4. The van der Waals surface area contributed by atoms with Gasteiger partial charge in [0.1, 0.15) is 6.61 Å². The Balaban J connectivity index is 2.10. The second-order valence-electron chi connectivity index (χ2n) is 2.85. The fourth-order valence-corrected chi connectivity index (χ4v) is 1.13. The van der Waals surface area contributed by atoms with Crippen LogP contribution in [0.25, 0.3) is 5.65 Å².